The van der Waals surface area contributed by atoms with Gasteiger partial charge in [-0.1, -0.05) is 43.1 Å². The molecule has 3 N–H and O–H groups in total. The molecule has 3 heterocycles. The maximum Gasteiger partial charge on any atom is 0.494 e. The second-order valence-electron chi connectivity index (χ2n) is 21.7. The van der Waals surface area contributed by atoms with Gasteiger partial charge in [0.25, 0.3) is 17.7 Å². The maximum atomic E-state index is 13.7. The molecule has 15 nitrogen and oxygen atoms in total. The molecule has 6 fully saturated rings. The fourth-order valence-electron chi connectivity index (χ4n) is 12.5. The number of anilines is 1. The van der Waals surface area contributed by atoms with Crippen molar-refractivity contribution in [2.75, 3.05) is 32.1 Å². The number of aryl methyl sites for hydroxylation is 1. The number of halogens is 1. The minimum Gasteiger partial charge on any atom is -0.493 e. The number of ether oxygens (including phenoxy) is 2. The largest absolute Gasteiger partial charge is 0.494 e. The monoisotopic (exact) mass is 1020 g/mol. The third kappa shape index (κ3) is 10.1. The number of fused-ring (bicyclic) bond motifs is 1. The normalized spacial score (nSPS) is 25.5. The molecule has 0 aromatic heterocycles. The Morgan fingerprint density at radius 2 is 1.76 bits per heavy atom. The van der Waals surface area contributed by atoms with E-state index in [0.29, 0.717) is 70.2 Å². The van der Waals surface area contributed by atoms with E-state index in [9.17, 15) is 24.0 Å². The van der Waals surface area contributed by atoms with Crippen LogP contribution in [0.1, 0.15) is 132 Å². The van der Waals surface area contributed by atoms with Crippen molar-refractivity contribution < 1.29 is 42.8 Å². The predicted molar refractivity (Wildman–Crippen MR) is 279 cm³/mol. The van der Waals surface area contributed by atoms with E-state index >= 15 is 0 Å². The summed E-state index contributed by atoms with van der Waals surface area (Å²) in [5.74, 6) is 0.938. The second-order valence-corrected chi connectivity index (χ2v) is 22.1. The lowest BCUT2D eigenvalue weighted by molar-refractivity contribution is -0.210. The van der Waals surface area contributed by atoms with Gasteiger partial charge < -0.3 is 39.2 Å². The molecule has 2 saturated heterocycles. The Balaban J connectivity index is 0.685. The average Bonchev–Trinajstić information content (AvgIpc) is 3.98. The zero-order valence-electron chi connectivity index (χ0n) is 42.5. The first kappa shape index (κ1) is 51.1. The van der Waals surface area contributed by atoms with E-state index in [1.807, 2.05) is 55.5 Å². The van der Waals surface area contributed by atoms with Crippen molar-refractivity contribution >= 4 is 59.4 Å². The summed E-state index contributed by atoms with van der Waals surface area (Å²) in [5, 5.41) is 18.7. The van der Waals surface area contributed by atoms with Crippen LogP contribution in [0.25, 0.3) is 0 Å². The molecule has 0 radical (unpaired) electrons. The molecule has 5 amide bonds. The summed E-state index contributed by atoms with van der Waals surface area (Å²) in [6.07, 6.45) is 8.06. The summed E-state index contributed by atoms with van der Waals surface area (Å²) < 4.78 is 26.3. The van der Waals surface area contributed by atoms with Gasteiger partial charge in [-0.3, -0.25) is 29.3 Å². The molecule has 1 unspecified atom stereocenters. The topological polar surface area (TPSA) is 189 Å². The highest BCUT2D eigenvalue weighted by atomic mass is 35.5. The van der Waals surface area contributed by atoms with E-state index < -0.39 is 24.7 Å². The van der Waals surface area contributed by atoms with E-state index in [1.165, 1.54) is 4.90 Å². The summed E-state index contributed by atoms with van der Waals surface area (Å²) in [6, 6.07) is 25.3. The van der Waals surface area contributed by atoms with E-state index in [0.717, 1.165) is 80.2 Å². The van der Waals surface area contributed by atoms with Crippen LogP contribution < -0.4 is 30.9 Å². The van der Waals surface area contributed by atoms with Gasteiger partial charge >= 0.3 is 7.12 Å². The molecule has 3 aliphatic heterocycles. The fourth-order valence-corrected chi connectivity index (χ4v) is 12.7. The SMILES string of the molecule is Cc1cc(C(=O)N(C)CCCOc2cccc3c2CN(C2CCC(=O)NC2=O)C3=O)ccc1B1O[C@H]2C[C@H]3C[C@H](C3(C)C)[C@@]2(CCCNc2ccc(C(=O)NC3CCC(Oc4ccc(C#N)c(Cl)c4)CC3)cc2)O1. The van der Waals surface area contributed by atoms with E-state index in [2.05, 4.69) is 35.9 Å². The number of nitrogens with zero attached hydrogens (tertiary/aromatic N) is 3. The first-order chi connectivity index (χ1) is 35.6. The number of hydrogen-bond donors (Lipinski definition) is 3. The van der Waals surface area contributed by atoms with Gasteiger partial charge in [0.2, 0.25) is 11.8 Å². The van der Waals surface area contributed by atoms with Crippen LogP contribution in [-0.2, 0) is 25.4 Å². The van der Waals surface area contributed by atoms with E-state index in [1.54, 1.807) is 42.3 Å². The first-order valence-corrected chi connectivity index (χ1v) is 26.6. The Hall–Kier alpha value is -6.41. The number of piperidine rings is 1. The van der Waals surface area contributed by atoms with Crippen molar-refractivity contribution in [1.29, 1.82) is 5.26 Å². The van der Waals surface area contributed by atoms with Crippen LogP contribution >= 0.6 is 11.6 Å². The van der Waals surface area contributed by atoms with Crippen molar-refractivity contribution in [1.82, 2.24) is 20.4 Å². The summed E-state index contributed by atoms with van der Waals surface area (Å²) in [4.78, 5) is 67.7. The van der Waals surface area contributed by atoms with Gasteiger partial charge in [-0.25, -0.2) is 0 Å². The number of nitriles is 1. The third-order valence-electron chi connectivity index (χ3n) is 16.9. The second kappa shape index (κ2) is 21.1. The molecule has 7 aliphatic rings. The summed E-state index contributed by atoms with van der Waals surface area (Å²) in [6.45, 7) is 8.48. The lowest BCUT2D eigenvalue weighted by atomic mass is 9.42. The van der Waals surface area contributed by atoms with Gasteiger partial charge in [-0.05, 0) is 155 Å². The average molecular weight is 1020 g/mol. The maximum absolute atomic E-state index is 13.7. The number of imide groups is 1. The fraction of sp³-hybridized carbons (Fsp3) is 0.474. The number of hydrogen-bond acceptors (Lipinski definition) is 11. The minimum absolute atomic E-state index is 0.0259. The number of carbonyl (C=O) groups excluding carboxylic acids is 5. The van der Waals surface area contributed by atoms with Gasteiger partial charge in [-0.15, -0.1) is 0 Å². The van der Waals surface area contributed by atoms with Crippen molar-refractivity contribution in [2.45, 2.75) is 128 Å². The summed E-state index contributed by atoms with van der Waals surface area (Å²) in [7, 11) is 1.24. The zero-order valence-corrected chi connectivity index (χ0v) is 43.3. The number of carbonyl (C=O) groups is 5. The molecule has 4 aromatic rings. The number of nitrogens with one attached hydrogen (secondary N) is 3. The number of benzene rings is 4. The Bertz CT molecular complexity index is 2890. The van der Waals surface area contributed by atoms with Crippen LogP contribution in [-0.4, -0.2) is 103 Å². The van der Waals surface area contributed by atoms with Gasteiger partial charge in [0.05, 0.1) is 41.5 Å². The van der Waals surface area contributed by atoms with Crippen molar-refractivity contribution in [3.05, 3.63) is 117 Å². The zero-order chi connectivity index (χ0) is 51.9. The molecule has 74 heavy (non-hydrogen) atoms. The van der Waals surface area contributed by atoms with Gasteiger partial charge in [0.15, 0.2) is 0 Å². The van der Waals surface area contributed by atoms with E-state index in [-0.39, 0.29) is 66.7 Å². The quantitative estimate of drug-likeness (QED) is 0.0533. The highest BCUT2D eigenvalue weighted by molar-refractivity contribution is 6.62. The van der Waals surface area contributed by atoms with E-state index in [4.69, 9.17) is 35.6 Å². The summed E-state index contributed by atoms with van der Waals surface area (Å²) >= 11 is 6.19. The van der Waals surface area contributed by atoms with Gasteiger partial charge in [0.1, 0.15) is 23.6 Å². The lowest BCUT2D eigenvalue weighted by Gasteiger charge is -2.65. The molecule has 2 bridgehead atoms. The Morgan fingerprint density at radius 3 is 2.49 bits per heavy atom. The Labute approximate surface area is 438 Å². The first-order valence-electron chi connectivity index (χ1n) is 26.2. The van der Waals surface area contributed by atoms with Gasteiger partial charge in [0, 0.05) is 66.6 Å². The smallest absolute Gasteiger partial charge is 0.493 e. The highest BCUT2D eigenvalue weighted by Gasteiger charge is 2.69. The van der Waals surface area contributed by atoms with Crippen LogP contribution in [0.2, 0.25) is 5.02 Å². The standard InChI is InChI=1S/C57H64BClN6O9/c1-34-28-36(54(69)64(4)26-7-27-71-48-9-5-8-43-44(48)33-65(55(43)70)47-22-23-51(66)63-53(47)68)13-21-45(34)58-73-50-30-38-29-49(56(38,2)3)57(50,74-58)24-6-25-61-39-14-10-35(11-15-39)52(67)62-40-16-19-41(20-17-40)72-42-18-12-37(32-60)46(59)31-42/h5,8-15,18,21,28,31,38,40-41,47,49-50,61H,6-7,16-17,19-20,22-27,29-30,33H2,1-4H3,(H,62,67)(H,63,66,68)/t38-,40?,41?,47?,49-,50+,57-/m1/s1. The van der Waals surface area contributed by atoms with Crippen LogP contribution in [0.5, 0.6) is 11.5 Å². The lowest BCUT2D eigenvalue weighted by Crippen LogP contribution is -2.66. The predicted octanol–water partition coefficient (Wildman–Crippen LogP) is 7.75. The molecule has 17 heteroatoms. The Kier molecular flexibility index (Phi) is 14.6. The van der Waals surface area contributed by atoms with Crippen molar-refractivity contribution in [3.63, 3.8) is 0 Å². The molecule has 0 spiro atoms. The van der Waals surface area contributed by atoms with Gasteiger partial charge in [-0.2, -0.15) is 5.26 Å². The third-order valence-corrected chi connectivity index (χ3v) is 17.2. The summed E-state index contributed by atoms with van der Waals surface area (Å²) in [5.41, 5.74) is 5.35. The number of amides is 5. The highest BCUT2D eigenvalue weighted by Crippen LogP contribution is 2.67. The molecule has 4 aliphatic carbocycles. The molecule has 11 rings (SSSR count). The molecular formula is C57H64BClN6O9. The van der Waals surface area contributed by atoms with Crippen molar-refractivity contribution in [3.8, 4) is 17.6 Å². The molecule has 4 saturated carbocycles. The van der Waals surface area contributed by atoms with Crippen molar-refractivity contribution in [2.24, 2.45) is 17.3 Å². The molecule has 386 valence electrons. The van der Waals surface area contributed by atoms with Crippen LogP contribution in [0.4, 0.5) is 5.69 Å². The molecule has 4 aromatic carbocycles. The number of rotatable bonds is 17. The van der Waals surface area contributed by atoms with Crippen LogP contribution in [0.3, 0.4) is 0 Å². The molecular weight excluding hydrogens is 959 g/mol. The van der Waals surface area contributed by atoms with Crippen LogP contribution in [0, 0.1) is 35.5 Å². The van der Waals surface area contributed by atoms with Crippen LogP contribution in [0.15, 0.2) is 78.9 Å². The molecule has 5 atom stereocenters. The minimum atomic E-state index is -0.702. The Morgan fingerprint density at radius 1 is 0.973 bits per heavy atom.